The lowest BCUT2D eigenvalue weighted by atomic mass is 10.1. The van der Waals surface area contributed by atoms with Crippen molar-refractivity contribution >= 4 is 9.84 Å². The molecule has 0 bridgehead atoms. The topological polar surface area (TPSA) is 57.5 Å². The van der Waals surface area contributed by atoms with Gasteiger partial charge in [-0.25, -0.2) is 12.8 Å². The van der Waals surface area contributed by atoms with Crippen molar-refractivity contribution in [2.75, 3.05) is 12.9 Å². The maximum absolute atomic E-state index is 13.6. The minimum absolute atomic E-state index is 0.258. The summed E-state index contributed by atoms with van der Waals surface area (Å²) < 4.78 is 51.2. The predicted molar refractivity (Wildman–Crippen MR) is 140 cm³/mol. The fourth-order valence-corrected chi connectivity index (χ4v) is 4.57. The molecule has 1 heterocycles. The Bertz CT molecular complexity index is 1410. The third-order valence-corrected chi connectivity index (χ3v) is 7.13. The number of rotatable bonds is 10. The average molecular weight is 508 g/mol. The zero-order valence-electron chi connectivity index (χ0n) is 20.7. The molecular weight excluding hydrogens is 477 g/mol. The molecule has 0 aliphatic carbocycles. The number of benzene rings is 3. The van der Waals surface area contributed by atoms with Crippen molar-refractivity contribution in [2.45, 2.75) is 38.2 Å². The highest BCUT2D eigenvalue weighted by molar-refractivity contribution is 7.90. The summed E-state index contributed by atoms with van der Waals surface area (Å²) in [7, 11) is -3.30. The molecule has 0 atom stereocenters. The molecule has 36 heavy (non-hydrogen) atoms. The molecule has 0 amide bonds. The van der Waals surface area contributed by atoms with Gasteiger partial charge < -0.3 is 14.0 Å². The zero-order chi connectivity index (χ0) is 25.7. The van der Waals surface area contributed by atoms with Gasteiger partial charge in [0.15, 0.2) is 9.84 Å². The van der Waals surface area contributed by atoms with E-state index in [1.165, 1.54) is 18.4 Å². The van der Waals surface area contributed by atoms with Crippen LogP contribution in [0, 0.1) is 12.7 Å². The predicted octanol–water partition coefficient (Wildman–Crippen LogP) is 6.75. The van der Waals surface area contributed by atoms with E-state index in [1.807, 2.05) is 41.8 Å². The highest BCUT2D eigenvalue weighted by Crippen LogP contribution is 2.31. The van der Waals surface area contributed by atoms with Crippen LogP contribution in [-0.2, 0) is 16.4 Å². The Morgan fingerprint density at radius 3 is 2.06 bits per heavy atom. The van der Waals surface area contributed by atoms with E-state index < -0.39 is 9.84 Å². The van der Waals surface area contributed by atoms with Gasteiger partial charge in [-0.1, -0.05) is 25.5 Å². The Morgan fingerprint density at radius 2 is 1.47 bits per heavy atom. The molecule has 188 valence electrons. The first kappa shape index (κ1) is 25.5. The molecule has 0 N–H and O–H groups in total. The molecule has 0 fully saturated rings. The largest absolute Gasteiger partial charge is 0.494 e. The third-order valence-electron chi connectivity index (χ3n) is 6.00. The second kappa shape index (κ2) is 11.0. The molecule has 7 heteroatoms. The van der Waals surface area contributed by atoms with Crippen LogP contribution < -0.4 is 9.47 Å². The van der Waals surface area contributed by atoms with Crippen LogP contribution in [0.1, 0.15) is 31.0 Å². The van der Waals surface area contributed by atoms with E-state index in [1.54, 1.807) is 36.4 Å². The number of sulfone groups is 1. The van der Waals surface area contributed by atoms with Crippen LogP contribution in [0.3, 0.4) is 0 Å². The van der Waals surface area contributed by atoms with Gasteiger partial charge in [-0.2, -0.15) is 0 Å². The van der Waals surface area contributed by atoms with Gasteiger partial charge in [-0.3, -0.25) is 0 Å². The van der Waals surface area contributed by atoms with Gasteiger partial charge in [0.25, 0.3) is 0 Å². The molecule has 5 nitrogen and oxygen atoms in total. The minimum Gasteiger partial charge on any atom is -0.494 e. The third kappa shape index (κ3) is 5.97. The van der Waals surface area contributed by atoms with Gasteiger partial charge in [0, 0.05) is 23.2 Å². The molecule has 3 aromatic carbocycles. The molecule has 0 aliphatic rings. The fourth-order valence-electron chi connectivity index (χ4n) is 3.94. The normalized spacial score (nSPS) is 11.4. The van der Waals surface area contributed by atoms with Gasteiger partial charge in [0.05, 0.1) is 17.2 Å². The maximum atomic E-state index is 13.6. The average Bonchev–Trinajstić information content (AvgIpc) is 3.20. The molecule has 0 unspecified atom stereocenters. The molecule has 0 spiro atoms. The lowest BCUT2D eigenvalue weighted by molar-refractivity contribution is 0.298. The Morgan fingerprint density at radius 1 is 0.861 bits per heavy atom. The van der Waals surface area contributed by atoms with Crippen LogP contribution in [0.15, 0.2) is 83.8 Å². The smallest absolute Gasteiger partial charge is 0.175 e. The highest BCUT2D eigenvalue weighted by atomic mass is 32.2. The lowest BCUT2D eigenvalue weighted by Crippen LogP contribution is -2.02. The summed E-state index contributed by atoms with van der Waals surface area (Å²) in [5.41, 5.74) is 4.41. The van der Waals surface area contributed by atoms with Crippen molar-refractivity contribution in [3.05, 3.63) is 95.9 Å². The van der Waals surface area contributed by atoms with E-state index in [0.717, 1.165) is 52.5 Å². The molecule has 0 saturated heterocycles. The number of aromatic nitrogens is 1. The summed E-state index contributed by atoms with van der Waals surface area (Å²) in [6, 6.07) is 22.7. The van der Waals surface area contributed by atoms with E-state index in [0.29, 0.717) is 13.2 Å². The Hall–Kier alpha value is -3.58. The number of unbranched alkanes of at least 4 members (excludes halogenated alkanes) is 1. The number of halogens is 1. The SMILES string of the molecule is CCCCOc1ccc(OCc2cc(-c3ccc(S(C)(=O)=O)cc3)n(-c3ccc(F)cc3)c2C)cc1. The maximum Gasteiger partial charge on any atom is 0.175 e. The van der Waals surface area contributed by atoms with Crippen LogP contribution >= 0.6 is 0 Å². The van der Waals surface area contributed by atoms with Crippen LogP contribution in [0.4, 0.5) is 4.39 Å². The van der Waals surface area contributed by atoms with Crippen molar-refractivity contribution < 1.29 is 22.3 Å². The van der Waals surface area contributed by atoms with Gasteiger partial charge >= 0.3 is 0 Å². The van der Waals surface area contributed by atoms with Gasteiger partial charge in [-0.05, 0) is 85.6 Å². The van der Waals surface area contributed by atoms with Crippen molar-refractivity contribution in [1.82, 2.24) is 4.57 Å². The van der Waals surface area contributed by atoms with Gasteiger partial charge in [0.2, 0.25) is 0 Å². The Balaban J connectivity index is 1.62. The summed E-state index contributed by atoms with van der Waals surface area (Å²) in [5, 5.41) is 0. The molecule has 0 radical (unpaired) electrons. The van der Waals surface area contributed by atoms with Crippen molar-refractivity contribution in [3.63, 3.8) is 0 Å². The van der Waals surface area contributed by atoms with Gasteiger partial charge in [-0.15, -0.1) is 0 Å². The van der Waals surface area contributed by atoms with Gasteiger partial charge in [0.1, 0.15) is 23.9 Å². The summed E-state index contributed by atoms with van der Waals surface area (Å²) in [4.78, 5) is 0.258. The Labute approximate surface area is 212 Å². The van der Waals surface area contributed by atoms with Crippen molar-refractivity contribution in [1.29, 1.82) is 0 Å². The zero-order valence-corrected chi connectivity index (χ0v) is 21.5. The monoisotopic (exact) mass is 507 g/mol. The van der Waals surface area contributed by atoms with Crippen LogP contribution in [0.25, 0.3) is 16.9 Å². The molecule has 4 rings (SSSR count). The van der Waals surface area contributed by atoms with Crippen molar-refractivity contribution in [2.24, 2.45) is 0 Å². The number of nitrogens with zero attached hydrogens (tertiary/aromatic N) is 1. The van der Waals surface area contributed by atoms with Crippen LogP contribution in [0.2, 0.25) is 0 Å². The fraction of sp³-hybridized carbons (Fsp3) is 0.241. The van der Waals surface area contributed by atoms with E-state index in [4.69, 9.17) is 9.47 Å². The summed E-state index contributed by atoms with van der Waals surface area (Å²) in [5.74, 6) is 1.23. The van der Waals surface area contributed by atoms with Crippen molar-refractivity contribution in [3.8, 4) is 28.4 Å². The second-order valence-corrected chi connectivity index (χ2v) is 10.7. The Kier molecular flexibility index (Phi) is 7.79. The molecule has 4 aromatic rings. The first-order valence-electron chi connectivity index (χ1n) is 11.9. The molecule has 0 aliphatic heterocycles. The number of hydrogen-bond donors (Lipinski definition) is 0. The first-order valence-corrected chi connectivity index (χ1v) is 13.8. The molecular formula is C29H30FNO4S. The second-order valence-electron chi connectivity index (χ2n) is 8.71. The summed E-state index contributed by atoms with van der Waals surface area (Å²) >= 11 is 0. The number of hydrogen-bond acceptors (Lipinski definition) is 4. The first-order chi connectivity index (χ1) is 17.3. The van der Waals surface area contributed by atoms with Crippen LogP contribution in [0.5, 0.6) is 11.5 Å². The summed E-state index contributed by atoms with van der Waals surface area (Å²) in [6.45, 7) is 5.15. The van der Waals surface area contributed by atoms with E-state index in [9.17, 15) is 12.8 Å². The van der Waals surface area contributed by atoms with E-state index >= 15 is 0 Å². The molecule has 1 aromatic heterocycles. The van der Waals surface area contributed by atoms with Crippen LogP contribution in [-0.4, -0.2) is 25.8 Å². The lowest BCUT2D eigenvalue weighted by Gasteiger charge is -2.13. The standard InChI is InChI=1S/C29H30FNO4S/c1-4-5-18-34-26-12-14-27(15-13-26)35-20-23-19-29(22-6-16-28(17-7-22)36(3,32)33)31(21(23)2)25-10-8-24(30)9-11-25/h6-17,19H,4-5,18,20H2,1-3H3. The quantitative estimate of drug-likeness (QED) is 0.223. The summed E-state index contributed by atoms with van der Waals surface area (Å²) in [6.07, 6.45) is 3.29. The highest BCUT2D eigenvalue weighted by Gasteiger charge is 2.17. The van der Waals surface area contributed by atoms with E-state index in [-0.39, 0.29) is 10.7 Å². The minimum atomic E-state index is -3.30. The van der Waals surface area contributed by atoms with E-state index in [2.05, 4.69) is 6.92 Å². The molecule has 0 saturated carbocycles. The number of ether oxygens (including phenoxy) is 2.